The minimum atomic E-state index is 0.240. The van der Waals surface area contributed by atoms with Crippen molar-refractivity contribution < 1.29 is 0 Å². The first-order valence-corrected chi connectivity index (χ1v) is 6.76. The predicted octanol–water partition coefficient (Wildman–Crippen LogP) is 3.02. The van der Waals surface area contributed by atoms with Crippen LogP contribution >= 0.6 is 0 Å². The van der Waals surface area contributed by atoms with E-state index in [1.165, 1.54) is 11.1 Å². The highest BCUT2D eigenvalue weighted by Crippen LogP contribution is 2.22. The van der Waals surface area contributed by atoms with Gasteiger partial charge in [0.05, 0.1) is 0 Å². The molecular weight excluding hydrogens is 220 g/mol. The fourth-order valence-electron chi connectivity index (χ4n) is 2.03. The molecule has 0 fully saturated rings. The second-order valence-electron chi connectivity index (χ2n) is 6.49. The molecule has 0 aliphatic carbocycles. The third-order valence-electron chi connectivity index (χ3n) is 3.11. The van der Waals surface area contributed by atoms with Crippen molar-refractivity contribution in [3.8, 4) is 0 Å². The van der Waals surface area contributed by atoms with E-state index in [-0.39, 0.29) is 5.41 Å². The van der Waals surface area contributed by atoms with Crippen LogP contribution in [0.25, 0.3) is 0 Å². The predicted molar refractivity (Wildman–Crippen MR) is 80.0 cm³/mol. The molecule has 0 amide bonds. The Bertz CT molecular complexity index is 346. The van der Waals surface area contributed by atoms with Crippen molar-refractivity contribution in [1.29, 1.82) is 0 Å². The van der Waals surface area contributed by atoms with Crippen molar-refractivity contribution in [2.45, 2.75) is 45.7 Å². The van der Waals surface area contributed by atoms with E-state index in [0.717, 1.165) is 13.1 Å². The largest absolute Gasteiger partial charge is 0.309 e. The monoisotopic (exact) mass is 248 g/mol. The van der Waals surface area contributed by atoms with Crippen LogP contribution in [0.15, 0.2) is 24.3 Å². The summed E-state index contributed by atoms with van der Waals surface area (Å²) < 4.78 is 0. The lowest BCUT2D eigenvalue weighted by molar-refractivity contribution is 0.349. The van der Waals surface area contributed by atoms with Crippen molar-refractivity contribution in [2.24, 2.45) is 0 Å². The first-order chi connectivity index (χ1) is 8.29. The summed E-state index contributed by atoms with van der Waals surface area (Å²) in [6.45, 7) is 11.0. The van der Waals surface area contributed by atoms with Crippen molar-refractivity contribution >= 4 is 0 Å². The maximum absolute atomic E-state index is 3.55. The van der Waals surface area contributed by atoms with Gasteiger partial charge < -0.3 is 10.2 Å². The number of hydrogen-bond acceptors (Lipinski definition) is 2. The van der Waals surface area contributed by atoms with Crippen LogP contribution in [0, 0.1) is 0 Å². The van der Waals surface area contributed by atoms with Crippen LogP contribution in [0.4, 0.5) is 0 Å². The summed E-state index contributed by atoms with van der Waals surface area (Å²) in [5.74, 6) is 0. The highest BCUT2D eigenvalue weighted by Gasteiger charge is 2.12. The molecule has 0 heterocycles. The number of rotatable bonds is 5. The first kappa shape index (κ1) is 15.2. The van der Waals surface area contributed by atoms with E-state index in [1.54, 1.807) is 0 Å². The highest BCUT2D eigenvalue weighted by atomic mass is 15.1. The topological polar surface area (TPSA) is 15.3 Å². The van der Waals surface area contributed by atoms with Crippen LogP contribution in [-0.2, 0) is 12.0 Å². The second kappa shape index (κ2) is 6.35. The molecule has 1 unspecified atom stereocenters. The average Bonchev–Trinajstić information content (AvgIpc) is 2.25. The third-order valence-corrected chi connectivity index (χ3v) is 3.11. The Morgan fingerprint density at radius 2 is 1.67 bits per heavy atom. The fraction of sp³-hybridized carbons (Fsp3) is 0.625. The minimum Gasteiger partial charge on any atom is -0.309 e. The molecule has 2 heteroatoms. The van der Waals surface area contributed by atoms with Crippen LogP contribution in [0.2, 0.25) is 0 Å². The number of hydrogen-bond donors (Lipinski definition) is 1. The lowest BCUT2D eigenvalue weighted by atomic mass is 9.87. The van der Waals surface area contributed by atoms with Crippen LogP contribution in [0.3, 0.4) is 0 Å². The van der Waals surface area contributed by atoms with Crippen LogP contribution in [0.1, 0.15) is 38.8 Å². The average molecular weight is 248 g/mol. The van der Waals surface area contributed by atoms with Gasteiger partial charge in [0.1, 0.15) is 0 Å². The molecule has 0 spiro atoms. The van der Waals surface area contributed by atoms with E-state index in [9.17, 15) is 0 Å². The van der Waals surface area contributed by atoms with Gasteiger partial charge in [-0.05, 0) is 37.6 Å². The smallest absolute Gasteiger partial charge is 0.0208 e. The Hall–Kier alpha value is -0.860. The summed E-state index contributed by atoms with van der Waals surface area (Å²) in [6.07, 6.45) is 0. The summed E-state index contributed by atoms with van der Waals surface area (Å²) in [4.78, 5) is 2.21. The summed E-state index contributed by atoms with van der Waals surface area (Å²) in [7, 11) is 4.21. The molecule has 0 radical (unpaired) electrons. The number of nitrogens with zero attached hydrogens (tertiary/aromatic N) is 1. The Labute approximate surface area is 112 Å². The lowest BCUT2D eigenvalue weighted by Gasteiger charge is -2.20. The van der Waals surface area contributed by atoms with Crippen molar-refractivity contribution in [3.05, 3.63) is 35.4 Å². The molecule has 1 N–H and O–H groups in total. The molecule has 1 rings (SSSR count). The molecule has 1 aromatic rings. The molecule has 1 atom stereocenters. The molecule has 1 aromatic carbocycles. The molecule has 102 valence electrons. The second-order valence-corrected chi connectivity index (χ2v) is 6.49. The molecule has 0 saturated carbocycles. The van der Waals surface area contributed by atoms with Crippen LogP contribution < -0.4 is 5.32 Å². The molecule has 0 aromatic heterocycles. The number of likely N-dealkylation sites (N-methyl/N-ethyl adjacent to an activating group) is 1. The molecular formula is C16H28N2. The lowest BCUT2D eigenvalue weighted by Crippen LogP contribution is -2.35. The Kier molecular flexibility index (Phi) is 5.36. The van der Waals surface area contributed by atoms with Gasteiger partial charge in [-0.2, -0.15) is 0 Å². The van der Waals surface area contributed by atoms with E-state index >= 15 is 0 Å². The van der Waals surface area contributed by atoms with Crippen molar-refractivity contribution in [2.75, 3.05) is 20.6 Å². The van der Waals surface area contributed by atoms with Crippen molar-refractivity contribution in [3.63, 3.8) is 0 Å². The SMILES string of the molecule is CC(CN(C)C)NCc1ccc(C(C)(C)C)cc1. The van der Waals surface area contributed by atoms with Crippen LogP contribution in [-0.4, -0.2) is 31.6 Å². The summed E-state index contributed by atoms with van der Waals surface area (Å²) in [5, 5.41) is 3.55. The quantitative estimate of drug-likeness (QED) is 0.861. The zero-order valence-corrected chi connectivity index (χ0v) is 12.7. The van der Waals surface area contributed by atoms with E-state index in [4.69, 9.17) is 0 Å². The minimum absolute atomic E-state index is 0.240. The normalized spacial score (nSPS) is 13.9. The molecule has 0 saturated heterocycles. The Balaban J connectivity index is 2.49. The van der Waals surface area contributed by atoms with Gasteiger partial charge in [0, 0.05) is 19.1 Å². The summed E-state index contributed by atoms with van der Waals surface area (Å²) >= 11 is 0. The fourth-order valence-corrected chi connectivity index (χ4v) is 2.03. The standard InChI is InChI=1S/C16H28N2/c1-13(12-18(5)6)17-11-14-7-9-15(10-8-14)16(2,3)4/h7-10,13,17H,11-12H2,1-6H3. The van der Waals surface area contributed by atoms with Gasteiger partial charge in [0.25, 0.3) is 0 Å². The zero-order valence-electron chi connectivity index (χ0n) is 12.7. The summed E-state index contributed by atoms with van der Waals surface area (Å²) in [6, 6.07) is 9.47. The first-order valence-electron chi connectivity index (χ1n) is 6.76. The summed E-state index contributed by atoms with van der Waals surface area (Å²) in [5.41, 5.74) is 2.99. The van der Waals surface area contributed by atoms with Gasteiger partial charge in [0.2, 0.25) is 0 Å². The van der Waals surface area contributed by atoms with Gasteiger partial charge in [-0.25, -0.2) is 0 Å². The van der Waals surface area contributed by atoms with Gasteiger partial charge in [-0.1, -0.05) is 45.0 Å². The molecule has 0 aliphatic heterocycles. The maximum Gasteiger partial charge on any atom is 0.0208 e. The Morgan fingerprint density at radius 1 is 1.11 bits per heavy atom. The third kappa shape index (κ3) is 5.19. The van der Waals surface area contributed by atoms with Gasteiger partial charge in [-0.15, -0.1) is 0 Å². The van der Waals surface area contributed by atoms with E-state index in [1.807, 2.05) is 0 Å². The molecule has 0 bridgehead atoms. The van der Waals surface area contributed by atoms with Gasteiger partial charge in [0.15, 0.2) is 0 Å². The van der Waals surface area contributed by atoms with E-state index in [0.29, 0.717) is 6.04 Å². The van der Waals surface area contributed by atoms with Gasteiger partial charge >= 0.3 is 0 Å². The Morgan fingerprint density at radius 3 is 2.11 bits per heavy atom. The number of nitrogens with one attached hydrogen (secondary N) is 1. The van der Waals surface area contributed by atoms with Gasteiger partial charge in [-0.3, -0.25) is 0 Å². The zero-order chi connectivity index (χ0) is 13.8. The van der Waals surface area contributed by atoms with Crippen molar-refractivity contribution in [1.82, 2.24) is 10.2 Å². The molecule has 18 heavy (non-hydrogen) atoms. The van der Waals surface area contributed by atoms with E-state index < -0.39 is 0 Å². The molecule has 0 aliphatic rings. The molecule has 2 nitrogen and oxygen atoms in total. The maximum atomic E-state index is 3.55. The van der Waals surface area contributed by atoms with E-state index in [2.05, 4.69) is 76.3 Å². The van der Waals surface area contributed by atoms with Crippen LogP contribution in [0.5, 0.6) is 0 Å². The number of benzene rings is 1. The highest BCUT2D eigenvalue weighted by molar-refractivity contribution is 5.27.